The first-order valence-corrected chi connectivity index (χ1v) is 9.67. The van der Waals surface area contributed by atoms with E-state index >= 15 is 0 Å². The zero-order chi connectivity index (χ0) is 18.2. The fourth-order valence-corrected chi connectivity index (χ4v) is 3.83. The van der Waals surface area contributed by atoms with E-state index in [1.807, 2.05) is 28.8 Å². The lowest BCUT2D eigenvalue weighted by Gasteiger charge is -2.08. The van der Waals surface area contributed by atoms with Gasteiger partial charge < -0.3 is 8.83 Å². The Labute approximate surface area is 163 Å². The second kappa shape index (κ2) is 6.86. The molecule has 5 rings (SSSR count). The molecule has 0 spiro atoms. The fourth-order valence-electron chi connectivity index (χ4n) is 2.74. The fraction of sp³-hybridized carbons (Fsp3) is 0.222. The second-order valence-corrected chi connectivity index (χ2v) is 7.59. The Morgan fingerprint density at radius 3 is 2.70 bits per heavy atom. The molecule has 0 radical (unpaired) electrons. The van der Waals surface area contributed by atoms with E-state index in [0.717, 1.165) is 29.5 Å². The van der Waals surface area contributed by atoms with E-state index in [0.29, 0.717) is 34.4 Å². The van der Waals surface area contributed by atoms with E-state index in [-0.39, 0.29) is 0 Å². The van der Waals surface area contributed by atoms with E-state index in [1.165, 1.54) is 11.8 Å². The van der Waals surface area contributed by atoms with Crippen LogP contribution in [0.5, 0.6) is 0 Å². The molecule has 0 saturated heterocycles. The van der Waals surface area contributed by atoms with Crippen LogP contribution < -0.4 is 0 Å². The van der Waals surface area contributed by atoms with E-state index in [1.54, 1.807) is 18.6 Å². The van der Waals surface area contributed by atoms with Crippen LogP contribution in [0.25, 0.3) is 11.6 Å². The summed E-state index contributed by atoms with van der Waals surface area (Å²) in [5.41, 5.74) is 0. The Hall–Kier alpha value is -2.58. The van der Waals surface area contributed by atoms with Crippen molar-refractivity contribution in [3.8, 4) is 11.6 Å². The zero-order valence-electron chi connectivity index (χ0n) is 14.1. The average Bonchev–Trinajstić information content (AvgIpc) is 3.03. The van der Waals surface area contributed by atoms with Crippen LogP contribution in [0.2, 0.25) is 5.15 Å². The quantitative estimate of drug-likeness (QED) is 0.436. The normalized spacial score (nSPS) is 14.0. The maximum absolute atomic E-state index is 6.19. The number of nitrogens with zero attached hydrogens (tertiary/aromatic N) is 5. The molecule has 1 fully saturated rings. The number of furan rings is 2. The minimum absolute atomic E-state index is 0.419. The summed E-state index contributed by atoms with van der Waals surface area (Å²) in [7, 11) is 0. The minimum atomic E-state index is 0.419. The predicted octanol–water partition coefficient (Wildman–Crippen LogP) is 4.65. The molecule has 0 unspecified atom stereocenters. The summed E-state index contributed by atoms with van der Waals surface area (Å²) >= 11 is 7.59. The zero-order valence-corrected chi connectivity index (χ0v) is 15.7. The first kappa shape index (κ1) is 16.6. The summed E-state index contributed by atoms with van der Waals surface area (Å²) in [5.74, 6) is 3.28. The van der Waals surface area contributed by atoms with Crippen LogP contribution in [-0.4, -0.2) is 24.7 Å². The average molecular weight is 400 g/mol. The number of rotatable bonds is 6. The van der Waals surface area contributed by atoms with Gasteiger partial charge in [-0.25, -0.2) is 9.97 Å². The van der Waals surface area contributed by atoms with E-state index < -0.39 is 0 Å². The Morgan fingerprint density at radius 1 is 1.11 bits per heavy atom. The lowest BCUT2D eigenvalue weighted by atomic mass is 10.4. The third kappa shape index (κ3) is 3.50. The van der Waals surface area contributed by atoms with Gasteiger partial charge in [0.2, 0.25) is 5.82 Å². The summed E-state index contributed by atoms with van der Waals surface area (Å²) < 4.78 is 12.9. The molecule has 0 aromatic carbocycles. The Morgan fingerprint density at radius 2 is 1.96 bits per heavy atom. The molecule has 0 atom stereocenters. The highest BCUT2D eigenvalue weighted by atomic mass is 35.5. The smallest absolute Gasteiger partial charge is 0.200 e. The molecule has 4 aromatic rings. The van der Waals surface area contributed by atoms with Crippen molar-refractivity contribution in [3.63, 3.8) is 0 Å². The molecule has 1 aliphatic rings. The SMILES string of the molecule is Clc1cc(Sc2nnc(-c3ccco3)n2Cc2ccco2)nc(C2CC2)n1. The summed E-state index contributed by atoms with van der Waals surface area (Å²) in [6.07, 6.45) is 5.48. The highest BCUT2D eigenvalue weighted by molar-refractivity contribution is 7.99. The summed E-state index contributed by atoms with van der Waals surface area (Å²) in [4.78, 5) is 8.98. The molecule has 0 amide bonds. The molecule has 9 heteroatoms. The van der Waals surface area contributed by atoms with Crippen LogP contribution in [0.3, 0.4) is 0 Å². The van der Waals surface area contributed by atoms with Crippen molar-refractivity contribution < 1.29 is 8.83 Å². The van der Waals surface area contributed by atoms with Crippen LogP contribution in [0.1, 0.15) is 30.3 Å². The van der Waals surface area contributed by atoms with Crippen LogP contribution >= 0.6 is 23.4 Å². The van der Waals surface area contributed by atoms with Crippen LogP contribution in [-0.2, 0) is 6.54 Å². The Kier molecular flexibility index (Phi) is 4.21. The molecule has 27 heavy (non-hydrogen) atoms. The topological polar surface area (TPSA) is 82.8 Å². The Balaban J connectivity index is 1.52. The number of hydrogen-bond acceptors (Lipinski definition) is 7. The second-order valence-electron chi connectivity index (χ2n) is 6.21. The minimum Gasteiger partial charge on any atom is -0.467 e. The molecule has 4 aromatic heterocycles. The molecule has 7 nitrogen and oxygen atoms in total. The van der Waals surface area contributed by atoms with Crippen molar-refractivity contribution in [3.05, 3.63) is 59.6 Å². The van der Waals surface area contributed by atoms with Gasteiger partial charge >= 0.3 is 0 Å². The molecule has 136 valence electrons. The summed E-state index contributed by atoms with van der Waals surface area (Å²) in [5, 5.41) is 10.5. The van der Waals surface area contributed by atoms with E-state index in [2.05, 4.69) is 20.2 Å². The largest absolute Gasteiger partial charge is 0.467 e. The number of aromatic nitrogens is 5. The number of hydrogen-bond donors (Lipinski definition) is 0. The molecule has 1 saturated carbocycles. The van der Waals surface area contributed by atoms with Gasteiger partial charge in [0.05, 0.1) is 19.1 Å². The van der Waals surface area contributed by atoms with Gasteiger partial charge in [-0.2, -0.15) is 0 Å². The predicted molar refractivity (Wildman–Crippen MR) is 98.7 cm³/mol. The van der Waals surface area contributed by atoms with Gasteiger partial charge in [-0.3, -0.25) is 4.57 Å². The lowest BCUT2D eigenvalue weighted by Crippen LogP contribution is -2.03. The maximum atomic E-state index is 6.19. The molecule has 0 N–H and O–H groups in total. The van der Waals surface area contributed by atoms with Crippen LogP contribution in [0, 0.1) is 0 Å². The maximum Gasteiger partial charge on any atom is 0.200 e. The van der Waals surface area contributed by atoms with Gasteiger partial charge in [0.1, 0.15) is 21.8 Å². The van der Waals surface area contributed by atoms with Gasteiger partial charge in [0, 0.05) is 12.0 Å². The van der Waals surface area contributed by atoms with Gasteiger partial charge in [-0.15, -0.1) is 10.2 Å². The first-order chi connectivity index (χ1) is 13.3. The number of halogens is 1. The third-order valence-corrected chi connectivity index (χ3v) is 5.28. The van der Waals surface area contributed by atoms with Crippen molar-refractivity contribution in [1.29, 1.82) is 0 Å². The standard InChI is InChI=1S/C18H14ClN5O2S/c19-14-9-15(21-16(20-14)11-5-6-11)27-18-23-22-17(13-4-2-8-26-13)24(18)10-12-3-1-7-25-12/h1-4,7-9,11H,5-6,10H2. The lowest BCUT2D eigenvalue weighted by molar-refractivity contribution is 0.482. The van der Waals surface area contributed by atoms with E-state index in [9.17, 15) is 0 Å². The Bertz CT molecular complexity index is 1060. The molecule has 0 aliphatic heterocycles. The molecule has 0 bridgehead atoms. The molecular weight excluding hydrogens is 386 g/mol. The van der Waals surface area contributed by atoms with Crippen molar-refractivity contribution in [2.75, 3.05) is 0 Å². The van der Waals surface area contributed by atoms with Crippen molar-refractivity contribution in [2.24, 2.45) is 0 Å². The first-order valence-electron chi connectivity index (χ1n) is 8.48. The van der Waals surface area contributed by atoms with Gasteiger partial charge in [0.15, 0.2) is 10.9 Å². The van der Waals surface area contributed by atoms with Crippen molar-refractivity contribution >= 4 is 23.4 Å². The molecule has 4 heterocycles. The molecular formula is C18H14ClN5O2S. The van der Waals surface area contributed by atoms with Crippen molar-refractivity contribution in [2.45, 2.75) is 35.5 Å². The summed E-state index contributed by atoms with van der Waals surface area (Å²) in [6, 6.07) is 9.18. The third-order valence-electron chi connectivity index (χ3n) is 4.18. The van der Waals surface area contributed by atoms with Crippen molar-refractivity contribution in [1.82, 2.24) is 24.7 Å². The summed E-state index contributed by atoms with van der Waals surface area (Å²) in [6.45, 7) is 0.479. The van der Waals surface area contributed by atoms with Gasteiger partial charge in [-0.05, 0) is 48.9 Å². The molecule has 1 aliphatic carbocycles. The van der Waals surface area contributed by atoms with Gasteiger partial charge in [0.25, 0.3) is 0 Å². The highest BCUT2D eigenvalue weighted by Gasteiger charge is 2.28. The van der Waals surface area contributed by atoms with Crippen LogP contribution in [0.4, 0.5) is 0 Å². The van der Waals surface area contributed by atoms with Gasteiger partial charge in [-0.1, -0.05) is 11.6 Å². The van der Waals surface area contributed by atoms with Crippen LogP contribution in [0.15, 0.2) is 61.9 Å². The van der Waals surface area contributed by atoms with E-state index in [4.69, 9.17) is 20.4 Å². The highest BCUT2D eigenvalue weighted by Crippen LogP contribution is 2.39. The monoisotopic (exact) mass is 399 g/mol.